The van der Waals surface area contributed by atoms with Gasteiger partial charge in [-0.25, -0.2) is 4.79 Å². The molecule has 2 aliphatic carbocycles. The van der Waals surface area contributed by atoms with Crippen molar-refractivity contribution in [3.63, 3.8) is 0 Å². The van der Waals surface area contributed by atoms with Crippen molar-refractivity contribution in [2.45, 2.75) is 19.3 Å². The summed E-state index contributed by atoms with van der Waals surface area (Å²) < 4.78 is 5.00. The van der Waals surface area contributed by atoms with Crippen LogP contribution in [0, 0.1) is 17.3 Å². The molecule has 0 heterocycles. The standard InChI is InChI=1S/C13H19NO3/c14-12(16)17-9-13(4-2-1-3-5-13)11-6-10(7-11)8-15/h1-4,10-11,15H,5-9H2,(H2,14,16)/t10-,11-,13?. The molecule has 0 radical (unpaired) electrons. The summed E-state index contributed by atoms with van der Waals surface area (Å²) in [6, 6.07) is 0. The zero-order chi connectivity index (χ0) is 12.3. The van der Waals surface area contributed by atoms with E-state index in [9.17, 15) is 4.79 Å². The van der Waals surface area contributed by atoms with E-state index >= 15 is 0 Å². The molecule has 0 aromatic rings. The molecule has 0 aliphatic heterocycles. The van der Waals surface area contributed by atoms with Crippen LogP contribution in [-0.4, -0.2) is 24.4 Å². The van der Waals surface area contributed by atoms with Crippen molar-refractivity contribution >= 4 is 6.09 Å². The first-order chi connectivity index (χ1) is 8.16. The molecule has 0 bridgehead atoms. The number of ether oxygens (including phenoxy) is 1. The third-order valence-corrected chi connectivity index (χ3v) is 3.96. The lowest BCUT2D eigenvalue weighted by molar-refractivity contribution is -0.00139. The first-order valence-corrected chi connectivity index (χ1v) is 6.04. The lowest BCUT2D eigenvalue weighted by Crippen LogP contribution is -2.43. The van der Waals surface area contributed by atoms with E-state index in [0.29, 0.717) is 18.4 Å². The largest absolute Gasteiger partial charge is 0.449 e. The Kier molecular flexibility index (Phi) is 3.52. The van der Waals surface area contributed by atoms with Crippen LogP contribution in [0.5, 0.6) is 0 Å². The maximum absolute atomic E-state index is 10.8. The number of nitrogens with two attached hydrogens (primary N) is 1. The summed E-state index contributed by atoms with van der Waals surface area (Å²) in [5.74, 6) is 0.880. The fraction of sp³-hybridized carbons (Fsp3) is 0.615. The summed E-state index contributed by atoms with van der Waals surface area (Å²) in [6.07, 6.45) is 10.4. The highest BCUT2D eigenvalue weighted by molar-refractivity contribution is 5.64. The summed E-state index contributed by atoms with van der Waals surface area (Å²) in [4.78, 5) is 10.8. The van der Waals surface area contributed by atoms with Gasteiger partial charge in [0, 0.05) is 12.0 Å². The molecule has 1 fully saturated rings. The quantitative estimate of drug-likeness (QED) is 0.780. The molecule has 1 amide bonds. The minimum Gasteiger partial charge on any atom is -0.449 e. The highest BCUT2D eigenvalue weighted by Gasteiger charge is 2.44. The van der Waals surface area contributed by atoms with Gasteiger partial charge in [-0.05, 0) is 31.1 Å². The van der Waals surface area contributed by atoms with Gasteiger partial charge in [-0.2, -0.15) is 0 Å². The Labute approximate surface area is 101 Å². The molecule has 3 N–H and O–H groups in total. The van der Waals surface area contributed by atoms with Crippen molar-refractivity contribution in [2.24, 2.45) is 23.0 Å². The predicted molar refractivity (Wildman–Crippen MR) is 64.2 cm³/mol. The Morgan fingerprint density at radius 1 is 1.47 bits per heavy atom. The fourth-order valence-corrected chi connectivity index (χ4v) is 2.77. The number of hydrogen-bond donors (Lipinski definition) is 2. The number of rotatable bonds is 4. The van der Waals surface area contributed by atoms with Crippen molar-refractivity contribution in [3.8, 4) is 0 Å². The van der Waals surface area contributed by atoms with E-state index in [-0.39, 0.29) is 12.0 Å². The molecule has 0 aromatic carbocycles. The van der Waals surface area contributed by atoms with E-state index in [4.69, 9.17) is 15.6 Å². The van der Waals surface area contributed by atoms with Crippen molar-refractivity contribution in [1.82, 2.24) is 0 Å². The van der Waals surface area contributed by atoms with Crippen LogP contribution in [0.3, 0.4) is 0 Å². The van der Waals surface area contributed by atoms with Crippen LogP contribution in [0.4, 0.5) is 4.79 Å². The minimum atomic E-state index is -0.717. The zero-order valence-corrected chi connectivity index (χ0v) is 9.84. The van der Waals surface area contributed by atoms with E-state index < -0.39 is 6.09 Å². The third-order valence-electron chi connectivity index (χ3n) is 3.96. The summed E-state index contributed by atoms with van der Waals surface area (Å²) >= 11 is 0. The van der Waals surface area contributed by atoms with Gasteiger partial charge >= 0.3 is 6.09 Å². The highest BCUT2D eigenvalue weighted by atomic mass is 16.5. The van der Waals surface area contributed by atoms with E-state index in [1.54, 1.807) is 0 Å². The second kappa shape index (κ2) is 4.92. The van der Waals surface area contributed by atoms with Gasteiger partial charge in [0.05, 0.1) is 0 Å². The summed E-state index contributed by atoms with van der Waals surface area (Å²) in [5, 5.41) is 9.07. The van der Waals surface area contributed by atoms with Crippen LogP contribution in [0.1, 0.15) is 19.3 Å². The third kappa shape index (κ3) is 2.52. The number of aliphatic hydroxyl groups excluding tert-OH is 1. The van der Waals surface area contributed by atoms with Gasteiger partial charge in [-0.3, -0.25) is 0 Å². The first-order valence-electron chi connectivity index (χ1n) is 6.04. The summed E-state index contributed by atoms with van der Waals surface area (Å²) in [7, 11) is 0. The van der Waals surface area contributed by atoms with Gasteiger partial charge < -0.3 is 15.6 Å². The second-order valence-corrected chi connectivity index (χ2v) is 5.05. The molecule has 1 unspecified atom stereocenters. The maximum atomic E-state index is 10.8. The number of allylic oxidation sites excluding steroid dienone is 3. The number of primary amides is 1. The van der Waals surface area contributed by atoms with Crippen LogP contribution >= 0.6 is 0 Å². The second-order valence-electron chi connectivity index (χ2n) is 5.05. The lowest BCUT2D eigenvalue weighted by Gasteiger charge is -2.47. The molecule has 1 atom stereocenters. The molecule has 1 saturated carbocycles. The fourth-order valence-electron chi connectivity index (χ4n) is 2.77. The van der Waals surface area contributed by atoms with Gasteiger partial charge in [0.15, 0.2) is 0 Å². The summed E-state index contributed by atoms with van der Waals surface area (Å²) in [5.41, 5.74) is 4.92. The smallest absolute Gasteiger partial charge is 0.404 e. The monoisotopic (exact) mass is 237 g/mol. The molecule has 2 aliphatic rings. The first kappa shape index (κ1) is 12.2. The Balaban J connectivity index is 2.01. The molecule has 2 rings (SSSR count). The summed E-state index contributed by atoms with van der Waals surface area (Å²) in [6.45, 7) is 0.592. The van der Waals surface area contributed by atoms with E-state index in [1.807, 2.05) is 12.2 Å². The molecular formula is C13H19NO3. The SMILES string of the molecule is NC(=O)OCC1([C@H]2C[C@H](CO)C2)C=CC=CC1. The molecule has 0 aromatic heterocycles. The molecule has 4 nitrogen and oxygen atoms in total. The Hall–Kier alpha value is -1.29. The van der Waals surface area contributed by atoms with Crippen molar-refractivity contribution in [1.29, 1.82) is 0 Å². The van der Waals surface area contributed by atoms with E-state index in [0.717, 1.165) is 19.3 Å². The van der Waals surface area contributed by atoms with Crippen molar-refractivity contribution in [3.05, 3.63) is 24.3 Å². The van der Waals surface area contributed by atoms with Crippen LogP contribution < -0.4 is 5.73 Å². The Morgan fingerprint density at radius 2 is 2.24 bits per heavy atom. The molecular weight excluding hydrogens is 218 g/mol. The predicted octanol–water partition coefficient (Wildman–Crippen LogP) is 1.60. The van der Waals surface area contributed by atoms with E-state index in [2.05, 4.69) is 12.2 Å². The number of carbonyl (C=O) groups is 1. The number of amides is 1. The van der Waals surface area contributed by atoms with Gasteiger partial charge in [0.25, 0.3) is 0 Å². The van der Waals surface area contributed by atoms with Crippen LogP contribution in [0.2, 0.25) is 0 Å². The maximum Gasteiger partial charge on any atom is 0.404 e. The average Bonchev–Trinajstić information content (AvgIpc) is 2.26. The molecule has 0 spiro atoms. The van der Waals surface area contributed by atoms with Gasteiger partial charge in [-0.15, -0.1) is 0 Å². The average molecular weight is 237 g/mol. The Morgan fingerprint density at radius 3 is 2.76 bits per heavy atom. The molecule has 0 saturated heterocycles. The van der Waals surface area contributed by atoms with Crippen molar-refractivity contribution < 1.29 is 14.6 Å². The van der Waals surface area contributed by atoms with Gasteiger partial charge in [0.2, 0.25) is 0 Å². The number of carbonyl (C=O) groups excluding carboxylic acids is 1. The van der Waals surface area contributed by atoms with Gasteiger partial charge in [-0.1, -0.05) is 24.3 Å². The van der Waals surface area contributed by atoms with Crippen LogP contribution in [0.25, 0.3) is 0 Å². The highest BCUT2D eigenvalue weighted by Crippen LogP contribution is 2.49. The van der Waals surface area contributed by atoms with Crippen LogP contribution in [0.15, 0.2) is 24.3 Å². The molecule has 17 heavy (non-hydrogen) atoms. The number of aliphatic hydroxyl groups is 1. The minimum absolute atomic E-state index is 0.116. The van der Waals surface area contributed by atoms with E-state index in [1.165, 1.54) is 0 Å². The van der Waals surface area contributed by atoms with Gasteiger partial charge in [0.1, 0.15) is 6.61 Å². The van der Waals surface area contributed by atoms with Crippen molar-refractivity contribution in [2.75, 3.05) is 13.2 Å². The zero-order valence-electron chi connectivity index (χ0n) is 9.84. The molecule has 4 heteroatoms. The lowest BCUT2D eigenvalue weighted by atomic mass is 9.59. The Bertz CT molecular complexity index is 345. The molecule has 94 valence electrons. The van der Waals surface area contributed by atoms with Crippen LogP contribution in [-0.2, 0) is 4.74 Å². The normalized spacial score (nSPS) is 35.4. The topological polar surface area (TPSA) is 72.6 Å². The number of hydrogen-bond acceptors (Lipinski definition) is 3.